The van der Waals surface area contributed by atoms with Crippen molar-refractivity contribution in [2.75, 3.05) is 25.9 Å². The Morgan fingerprint density at radius 3 is 2.40 bits per heavy atom. The molecule has 0 saturated heterocycles. The average Bonchev–Trinajstić information content (AvgIpc) is 3.12. The summed E-state index contributed by atoms with van der Waals surface area (Å²) in [7, 11) is -1.19. The first-order valence-corrected chi connectivity index (χ1v) is 8.78. The zero-order chi connectivity index (χ0) is 14.8. The maximum Gasteiger partial charge on any atom is 0.179 e. The molecule has 1 aliphatic carbocycles. The maximum atomic E-state index is 12.2. The van der Waals surface area contributed by atoms with Crippen LogP contribution in [0, 0.1) is 11.8 Å². The van der Waals surface area contributed by atoms with Gasteiger partial charge in [-0.25, -0.2) is 8.42 Å². The predicted molar refractivity (Wildman–Crippen MR) is 81.2 cm³/mol. The number of nitrogens with zero attached hydrogens (tertiary/aromatic N) is 1. The van der Waals surface area contributed by atoms with Gasteiger partial charge in [0.2, 0.25) is 0 Å². The van der Waals surface area contributed by atoms with Crippen molar-refractivity contribution < 1.29 is 8.42 Å². The Hall–Kier alpha value is -0.910. The molecule has 1 fully saturated rings. The molecule has 1 aliphatic rings. The van der Waals surface area contributed by atoms with E-state index in [0.717, 1.165) is 23.9 Å². The highest BCUT2D eigenvalue weighted by Crippen LogP contribution is 2.37. The molecule has 4 nitrogen and oxygen atoms in total. The van der Waals surface area contributed by atoms with Crippen LogP contribution in [0.15, 0.2) is 29.2 Å². The van der Waals surface area contributed by atoms with Gasteiger partial charge in [-0.05, 0) is 43.0 Å². The van der Waals surface area contributed by atoms with E-state index in [1.54, 1.807) is 24.3 Å². The Balaban J connectivity index is 1.89. The van der Waals surface area contributed by atoms with Crippen LogP contribution in [0.1, 0.15) is 18.9 Å². The van der Waals surface area contributed by atoms with Gasteiger partial charge in [-0.15, -0.1) is 0 Å². The number of sulfone groups is 1. The molecule has 1 aromatic carbocycles. The van der Waals surface area contributed by atoms with Crippen molar-refractivity contribution in [3.63, 3.8) is 0 Å². The van der Waals surface area contributed by atoms with Gasteiger partial charge in [-0.1, -0.05) is 19.1 Å². The average molecular weight is 296 g/mol. The van der Waals surface area contributed by atoms with Gasteiger partial charge >= 0.3 is 0 Å². The monoisotopic (exact) mass is 296 g/mol. The summed E-state index contributed by atoms with van der Waals surface area (Å²) >= 11 is 0. The third-order valence-corrected chi connectivity index (χ3v) is 5.79. The quantitative estimate of drug-likeness (QED) is 0.828. The van der Waals surface area contributed by atoms with E-state index in [-0.39, 0.29) is 5.75 Å². The standard InChI is InChI=1S/C15H24N2O2S/c1-12-9-14(12)11-17(2)7-8-20(18,19)15-5-3-13(10-16)4-6-15/h3-6,12,14H,7-11,16H2,1-2H3. The highest BCUT2D eigenvalue weighted by atomic mass is 32.2. The van der Waals surface area contributed by atoms with Crippen molar-refractivity contribution in [1.82, 2.24) is 4.90 Å². The number of hydrogen-bond donors (Lipinski definition) is 1. The lowest BCUT2D eigenvalue weighted by molar-refractivity contribution is 0.332. The first-order valence-electron chi connectivity index (χ1n) is 7.12. The second kappa shape index (κ2) is 6.24. The molecule has 0 spiro atoms. The number of rotatable bonds is 7. The highest BCUT2D eigenvalue weighted by molar-refractivity contribution is 7.91. The molecule has 20 heavy (non-hydrogen) atoms. The maximum absolute atomic E-state index is 12.2. The molecular weight excluding hydrogens is 272 g/mol. The van der Waals surface area contributed by atoms with Crippen molar-refractivity contribution in [1.29, 1.82) is 0 Å². The molecule has 2 N–H and O–H groups in total. The Morgan fingerprint density at radius 1 is 1.30 bits per heavy atom. The lowest BCUT2D eigenvalue weighted by Gasteiger charge is -2.16. The van der Waals surface area contributed by atoms with Gasteiger partial charge in [0.1, 0.15) is 0 Å². The summed E-state index contributed by atoms with van der Waals surface area (Å²) in [4.78, 5) is 2.52. The van der Waals surface area contributed by atoms with Crippen molar-refractivity contribution >= 4 is 9.84 Å². The summed E-state index contributed by atoms with van der Waals surface area (Å²) < 4.78 is 24.5. The zero-order valence-electron chi connectivity index (χ0n) is 12.2. The summed E-state index contributed by atoms with van der Waals surface area (Å²) in [5.41, 5.74) is 6.46. The second-order valence-corrected chi connectivity index (χ2v) is 8.01. The summed E-state index contributed by atoms with van der Waals surface area (Å²) in [6.07, 6.45) is 1.28. The molecule has 1 saturated carbocycles. The molecule has 5 heteroatoms. The van der Waals surface area contributed by atoms with E-state index < -0.39 is 9.84 Å². The summed E-state index contributed by atoms with van der Waals surface area (Å²) in [5.74, 6) is 1.73. The first-order chi connectivity index (χ1) is 9.42. The minimum atomic E-state index is -3.19. The largest absolute Gasteiger partial charge is 0.326 e. The fourth-order valence-electron chi connectivity index (χ4n) is 2.37. The van der Waals surface area contributed by atoms with Crippen molar-refractivity contribution in [3.8, 4) is 0 Å². The first kappa shape index (κ1) is 15.5. The van der Waals surface area contributed by atoms with Crippen molar-refractivity contribution in [3.05, 3.63) is 29.8 Å². The summed E-state index contributed by atoms with van der Waals surface area (Å²) in [6, 6.07) is 6.87. The minimum absolute atomic E-state index is 0.173. The molecule has 0 bridgehead atoms. The minimum Gasteiger partial charge on any atom is -0.326 e. The lowest BCUT2D eigenvalue weighted by atomic mass is 10.2. The Kier molecular flexibility index (Phi) is 4.83. The highest BCUT2D eigenvalue weighted by Gasteiger charge is 2.33. The van der Waals surface area contributed by atoms with Gasteiger partial charge in [-0.3, -0.25) is 0 Å². The van der Waals surface area contributed by atoms with Gasteiger partial charge in [0.25, 0.3) is 0 Å². The van der Waals surface area contributed by atoms with Gasteiger partial charge in [-0.2, -0.15) is 0 Å². The van der Waals surface area contributed by atoms with E-state index in [9.17, 15) is 8.42 Å². The molecule has 2 unspecified atom stereocenters. The second-order valence-electron chi connectivity index (χ2n) is 5.90. The molecule has 112 valence electrons. The molecule has 0 aliphatic heterocycles. The van der Waals surface area contributed by atoms with Crippen LogP contribution in [-0.2, 0) is 16.4 Å². The van der Waals surface area contributed by atoms with Gasteiger partial charge < -0.3 is 10.6 Å². The van der Waals surface area contributed by atoms with Crippen molar-refractivity contribution in [2.45, 2.75) is 24.8 Å². The molecule has 0 radical (unpaired) electrons. The molecule has 1 aromatic rings. The molecule has 0 aromatic heterocycles. The third-order valence-electron chi connectivity index (χ3n) is 4.08. The fraction of sp³-hybridized carbons (Fsp3) is 0.600. The van der Waals surface area contributed by atoms with Gasteiger partial charge in [0.15, 0.2) is 9.84 Å². The Labute approximate surface area is 121 Å². The lowest BCUT2D eigenvalue weighted by Crippen LogP contribution is -2.27. The van der Waals surface area contributed by atoms with E-state index in [0.29, 0.717) is 18.0 Å². The van der Waals surface area contributed by atoms with Crippen LogP contribution >= 0.6 is 0 Å². The van der Waals surface area contributed by atoms with Crippen LogP contribution < -0.4 is 5.73 Å². The van der Waals surface area contributed by atoms with Gasteiger partial charge in [0, 0.05) is 19.6 Å². The van der Waals surface area contributed by atoms with E-state index in [1.165, 1.54) is 6.42 Å². The Bertz CT molecular complexity index is 539. The number of hydrogen-bond acceptors (Lipinski definition) is 4. The van der Waals surface area contributed by atoms with Crippen molar-refractivity contribution in [2.24, 2.45) is 17.6 Å². The molecule has 2 rings (SSSR count). The van der Waals surface area contributed by atoms with Crippen LogP contribution in [0.25, 0.3) is 0 Å². The molecular formula is C15H24N2O2S. The number of benzene rings is 1. The summed E-state index contributed by atoms with van der Waals surface area (Å²) in [5, 5.41) is 0. The molecule has 0 heterocycles. The van der Waals surface area contributed by atoms with E-state index >= 15 is 0 Å². The summed E-state index contributed by atoms with van der Waals surface area (Å²) in [6.45, 7) is 4.27. The SMILES string of the molecule is CC1CC1CN(C)CCS(=O)(=O)c1ccc(CN)cc1. The van der Waals surface area contributed by atoms with Crippen LogP contribution in [0.2, 0.25) is 0 Å². The van der Waals surface area contributed by atoms with Crippen LogP contribution in [0.3, 0.4) is 0 Å². The van der Waals surface area contributed by atoms with E-state index in [1.807, 2.05) is 7.05 Å². The number of nitrogens with two attached hydrogens (primary N) is 1. The molecule has 2 atom stereocenters. The normalized spacial score (nSPS) is 22.2. The van der Waals surface area contributed by atoms with Crippen LogP contribution in [-0.4, -0.2) is 39.2 Å². The predicted octanol–water partition coefficient (Wildman–Crippen LogP) is 1.51. The van der Waals surface area contributed by atoms with Gasteiger partial charge in [0.05, 0.1) is 10.6 Å². The molecule has 0 amide bonds. The zero-order valence-corrected chi connectivity index (χ0v) is 13.1. The van der Waals surface area contributed by atoms with E-state index in [2.05, 4.69) is 11.8 Å². The fourth-order valence-corrected chi connectivity index (χ4v) is 3.71. The smallest absolute Gasteiger partial charge is 0.179 e. The van der Waals surface area contributed by atoms with Crippen LogP contribution in [0.4, 0.5) is 0 Å². The van der Waals surface area contributed by atoms with Crippen LogP contribution in [0.5, 0.6) is 0 Å². The van der Waals surface area contributed by atoms with E-state index in [4.69, 9.17) is 5.73 Å². The topological polar surface area (TPSA) is 63.4 Å². The Morgan fingerprint density at radius 2 is 1.90 bits per heavy atom. The third kappa shape index (κ3) is 4.04.